The maximum atomic E-state index is 13.1. The molecule has 0 aliphatic carbocycles. The minimum atomic E-state index is -3.69. The van der Waals surface area contributed by atoms with Gasteiger partial charge in [-0.15, -0.1) is 0 Å². The van der Waals surface area contributed by atoms with Gasteiger partial charge in [0.05, 0.1) is 0 Å². The topological polar surface area (TPSA) is 113 Å². The highest BCUT2D eigenvalue weighted by molar-refractivity contribution is 7.54. The zero-order chi connectivity index (χ0) is 17.0. The SMILES string of the molecule is COP(=O)(OC)[C@@H](Nc1cc(=O)[nH]c(=O)[nH]1)c1ccc(F)cc1. The predicted molar refractivity (Wildman–Crippen MR) is 82.1 cm³/mol. The maximum absolute atomic E-state index is 13.1. The van der Waals surface area contributed by atoms with Crippen LogP contribution < -0.4 is 16.6 Å². The van der Waals surface area contributed by atoms with Crippen molar-refractivity contribution in [3.63, 3.8) is 0 Å². The summed E-state index contributed by atoms with van der Waals surface area (Å²) in [5.74, 6) is -1.51. The number of hydrogen-bond donors (Lipinski definition) is 3. The Bertz CT molecular complexity index is 796. The largest absolute Gasteiger partial charge is 0.356 e. The van der Waals surface area contributed by atoms with Crippen molar-refractivity contribution in [2.75, 3.05) is 19.5 Å². The smallest absolute Gasteiger partial charge is 0.354 e. The van der Waals surface area contributed by atoms with Crippen molar-refractivity contribution in [1.82, 2.24) is 9.97 Å². The monoisotopic (exact) mass is 343 g/mol. The van der Waals surface area contributed by atoms with Crippen molar-refractivity contribution >= 4 is 13.4 Å². The summed E-state index contributed by atoms with van der Waals surface area (Å²) in [6.45, 7) is 0. The third-order valence-corrected chi connectivity index (χ3v) is 5.14. The quantitative estimate of drug-likeness (QED) is 0.689. The van der Waals surface area contributed by atoms with Gasteiger partial charge in [0.2, 0.25) is 0 Å². The van der Waals surface area contributed by atoms with Gasteiger partial charge in [0.15, 0.2) is 5.78 Å². The molecule has 1 atom stereocenters. The number of H-pyrrole nitrogens is 2. The van der Waals surface area contributed by atoms with Crippen LogP contribution in [0.1, 0.15) is 11.3 Å². The molecular weight excluding hydrogens is 328 g/mol. The predicted octanol–water partition coefficient (Wildman–Crippen LogP) is 1.80. The Morgan fingerprint density at radius 1 is 1.13 bits per heavy atom. The molecule has 1 aromatic heterocycles. The summed E-state index contributed by atoms with van der Waals surface area (Å²) in [5, 5.41) is 2.73. The van der Waals surface area contributed by atoms with Gasteiger partial charge in [0.25, 0.3) is 5.56 Å². The molecule has 8 nitrogen and oxygen atoms in total. The van der Waals surface area contributed by atoms with E-state index in [1.165, 1.54) is 38.5 Å². The Hall–Kier alpha value is -2.22. The third kappa shape index (κ3) is 3.95. The number of aromatic nitrogens is 2. The minimum absolute atomic E-state index is 0.0161. The van der Waals surface area contributed by atoms with Gasteiger partial charge in [-0.2, -0.15) is 0 Å². The molecule has 0 saturated heterocycles. The van der Waals surface area contributed by atoms with E-state index in [0.717, 1.165) is 6.07 Å². The Morgan fingerprint density at radius 3 is 2.26 bits per heavy atom. The molecule has 0 saturated carbocycles. The van der Waals surface area contributed by atoms with E-state index in [1.807, 2.05) is 4.98 Å². The van der Waals surface area contributed by atoms with Gasteiger partial charge >= 0.3 is 13.3 Å². The van der Waals surface area contributed by atoms with Crippen molar-refractivity contribution in [3.8, 4) is 0 Å². The molecule has 1 aromatic carbocycles. The number of rotatable bonds is 6. The van der Waals surface area contributed by atoms with Crippen LogP contribution in [0.2, 0.25) is 0 Å². The van der Waals surface area contributed by atoms with Crippen LogP contribution in [0.3, 0.4) is 0 Å². The van der Waals surface area contributed by atoms with Crippen LogP contribution in [0, 0.1) is 5.82 Å². The molecule has 2 rings (SSSR count). The van der Waals surface area contributed by atoms with Crippen LogP contribution in [0.5, 0.6) is 0 Å². The lowest BCUT2D eigenvalue weighted by Crippen LogP contribution is -2.24. The van der Waals surface area contributed by atoms with Crippen LogP contribution >= 0.6 is 7.60 Å². The summed E-state index contributed by atoms with van der Waals surface area (Å²) in [5.41, 5.74) is -0.985. The fourth-order valence-corrected chi connectivity index (χ4v) is 3.37. The molecule has 0 radical (unpaired) electrons. The fourth-order valence-electron chi connectivity index (χ4n) is 1.97. The molecule has 0 fully saturated rings. The van der Waals surface area contributed by atoms with E-state index in [9.17, 15) is 18.5 Å². The molecule has 0 aliphatic rings. The normalized spacial score (nSPS) is 12.8. The van der Waals surface area contributed by atoms with Gasteiger partial charge in [-0.25, -0.2) is 9.18 Å². The molecule has 0 unspecified atom stereocenters. The fraction of sp³-hybridized carbons (Fsp3) is 0.231. The lowest BCUT2D eigenvalue weighted by atomic mass is 10.2. The highest BCUT2D eigenvalue weighted by atomic mass is 31.2. The number of benzene rings is 1. The molecule has 10 heteroatoms. The van der Waals surface area contributed by atoms with Gasteiger partial charge in [-0.05, 0) is 17.7 Å². The molecule has 0 amide bonds. The minimum Gasteiger partial charge on any atom is -0.354 e. The van der Waals surface area contributed by atoms with Crippen molar-refractivity contribution in [2.24, 2.45) is 0 Å². The van der Waals surface area contributed by atoms with E-state index in [0.29, 0.717) is 5.56 Å². The van der Waals surface area contributed by atoms with Crippen molar-refractivity contribution in [2.45, 2.75) is 5.78 Å². The van der Waals surface area contributed by atoms with Gasteiger partial charge in [0, 0.05) is 20.3 Å². The molecule has 0 spiro atoms. The van der Waals surface area contributed by atoms with Crippen LogP contribution in [0.25, 0.3) is 0 Å². The molecule has 0 aliphatic heterocycles. The first-order chi connectivity index (χ1) is 10.9. The number of hydrogen-bond acceptors (Lipinski definition) is 6. The summed E-state index contributed by atoms with van der Waals surface area (Å²) < 4.78 is 35.8. The van der Waals surface area contributed by atoms with E-state index >= 15 is 0 Å². The lowest BCUT2D eigenvalue weighted by molar-refractivity contribution is 0.268. The molecule has 3 N–H and O–H groups in total. The summed E-state index contributed by atoms with van der Waals surface area (Å²) in [6.07, 6.45) is 0. The average Bonchev–Trinajstić information content (AvgIpc) is 2.52. The van der Waals surface area contributed by atoms with Crippen LogP contribution in [0.15, 0.2) is 39.9 Å². The standard InChI is InChI=1S/C13H15FN3O5P/c1-21-23(20,22-2)12(8-3-5-9(14)6-4-8)15-10-7-11(18)17-13(19)16-10/h3-7,12H,1-2H3,(H3,15,16,17,18,19)/t12-/m1/s1. The van der Waals surface area contributed by atoms with E-state index < -0.39 is 30.4 Å². The molecule has 124 valence electrons. The molecule has 2 aromatic rings. The summed E-state index contributed by atoms with van der Waals surface area (Å²) in [4.78, 5) is 27.1. The number of aromatic amines is 2. The van der Waals surface area contributed by atoms with E-state index in [-0.39, 0.29) is 5.82 Å². The van der Waals surface area contributed by atoms with E-state index in [4.69, 9.17) is 9.05 Å². The Labute approximate surface area is 130 Å². The summed E-state index contributed by atoms with van der Waals surface area (Å²) in [7, 11) is -1.30. The summed E-state index contributed by atoms with van der Waals surface area (Å²) in [6, 6.07) is 6.22. The number of halogens is 1. The van der Waals surface area contributed by atoms with Crippen molar-refractivity contribution < 1.29 is 18.0 Å². The molecule has 23 heavy (non-hydrogen) atoms. The second kappa shape index (κ2) is 6.91. The van der Waals surface area contributed by atoms with E-state index in [1.54, 1.807) is 0 Å². The zero-order valence-corrected chi connectivity index (χ0v) is 13.2. The maximum Gasteiger partial charge on any atom is 0.356 e. The Morgan fingerprint density at radius 2 is 1.74 bits per heavy atom. The lowest BCUT2D eigenvalue weighted by Gasteiger charge is -2.26. The van der Waals surface area contributed by atoms with E-state index in [2.05, 4.69) is 10.3 Å². The average molecular weight is 343 g/mol. The molecule has 0 bridgehead atoms. The van der Waals surface area contributed by atoms with Crippen LogP contribution in [-0.2, 0) is 13.6 Å². The van der Waals surface area contributed by atoms with Gasteiger partial charge < -0.3 is 14.4 Å². The first-order valence-corrected chi connectivity index (χ1v) is 8.06. The van der Waals surface area contributed by atoms with Gasteiger partial charge in [-0.1, -0.05) is 12.1 Å². The second-order valence-corrected chi connectivity index (χ2v) is 6.83. The van der Waals surface area contributed by atoms with Crippen molar-refractivity contribution in [3.05, 3.63) is 62.6 Å². The Kier molecular flexibility index (Phi) is 5.15. The molecule has 1 heterocycles. The number of anilines is 1. The first-order valence-electron chi connectivity index (χ1n) is 6.45. The van der Waals surface area contributed by atoms with Crippen LogP contribution in [0.4, 0.5) is 10.2 Å². The number of nitrogens with one attached hydrogen (secondary N) is 3. The molecular formula is C13H15FN3O5P. The van der Waals surface area contributed by atoms with Crippen LogP contribution in [-0.4, -0.2) is 24.2 Å². The zero-order valence-electron chi connectivity index (χ0n) is 12.3. The highest BCUT2D eigenvalue weighted by Gasteiger charge is 2.35. The van der Waals surface area contributed by atoms with Gasteiger partial charge in [-0.3, -0.25) is 19.3 Å². The third-order valence-electron chi connectivity index (χ3n) is 3.06. The summed E-state index contributed by atoms with van der Waals surface area (Å²) >= 11 is 0. The first kappa shape index (κ1) is 17.1. The highest BCUT2D eigenvalue weighted by Crippen LogP contribution is 2.59. The van der Waals surface area contributed by atoms with Crippen molar-refractivity contribution in [1.29, 1.82) is 0 Å². The second-order valence-electron chi connectivity index (χ2n) is 4.50. The van der Waals surface area contributed by atoms with Gasteiger partial charge in [0.1, 0.15) is 11.6 Å². The Balaban J connectivity index is 2.49.